The minimum absolute atomic E-state index is 0.0453. The lowest BCUT2D eigenvalue weighted by Gasteiger charge is -2.43. The Morgan fingerprint density at radius 2 is 2.10 bits per heavy atom. The van der Waals surface area contributed by atoms with Gasteiger partial charge in [0.15, 0.2) is 0 Å². The van der Waals surface area contributed by atoms with Crippen LogP contribution in [0.25, 0.3) is 0 Å². The summed E-state index contributed by atoms with van der Waals surface area (Å²) in [5, 5.41) is 0. The Morgan fingerprint density at radius 1 is 1.29 bits per heavy atom. The highest BCUT2D eigenvalue weighted by molar-refractivity contribution is 5.34. The number of ether oxygens (including phenoxy) is 3. The van der Waals surface area contributed by atoms with E-state index in [1.54, 1.807) is 12.1 Å². The number of hydrogen-bond acceptors (Lipinski definition) is 4. The zero-order valence-corrected chi connectivity index (χ0v) is 12.1. The zero-order chi connectivity index (χ0) is 14.7. The normalized spacial score (nSPS) is 25.0. The van der Waals surface area contributed by atoms with Gasteiger partial charge in [-0.1, -0.05) is 6.07 Å². The molecule has 2 aliphatic heterocycles. The van der Waals surface area contributed by atoms with Gasteiger partial charge in [0.05, 0.1) is 12.2 Å². The molecule has 21 heavy (non-hydrogen) atoms. The highest BCUT2D eigenvalue weighted by Crippen LogP contribution is 2.36. The molecular weight excluding hydrogens is 273 g/mol. The molecule has 2 aliphatic rings. The highest BCUT2D eigenvalue weighted by Gasteiger charge is 2.40. The lowest BCUT2D eigenvalue weighted by Crippen LogP contribution is -2.47. The number of benzene rings is 1. The lowest BCUT2D eigenvalue weighted by molar-refractivity contribution is -0.155. The predicted octanol–water partition coefficient (Wildman–Crippen LogP) is 2.39. The predicted molar refractivity (Wildman–Crippen MR) is 76.7 cm³/mol. The molecule has 5 heteroatoms. The molecule has 0 radical (unpaired) electrons. The van der Waals surface area contributed by atoms with Gasteiger partial charge in [-0.3, -0.25) is 0 Å². The highest BCUT2D eigenvalue weighted by atomic mass is 19.1. The van der Waals surface area contributed by atoms with E-state index in [0.717, 1.165) is 38.9 Å². The van der Waals surface area contributed by atoms with Crippen molar-refractivity contribution >= 4 is 0 Å². The summed E-state index contributed by atoms with van der Waals surface area (Å²) in [7, 11) is 0. The molecule has 1 spiro atoms. The maximum Gasteiger partial charge on any atom is 0.131 e. The van der Waals surface area contributed by atoms with Crippen molar-refractivity contribution in [1.82, 2.24) is 0 Å². The first kappa shape index (κ1) is 14.8. The third-order valence-electron chi connectivity index (χ3n) is 4.43. The van der Waals surface area contributed by atoms with Crippen LogP contribution in [0.15, 0.2) is 18.2 Å². The van der Waals surface area contributed by atoms with Gasteiger partial charge in [-0.2, -0.15) is 0 Å². The number of hydrogen-bond donors (Lipinski definition) is 1. The van der Waals surface area contributed by atoms with Crippen LogP contribution in [-0.4, -0.2) is 31.5 Å². The average molecular weight is 295 g/mol. The van der Waals surface area contributed by atoms with E-state index in [1.807, 2.05) is 0 Å². The summed E-state index contributed by atoms with van der Waals surface area (Å²) < 4.78 is 31.2. The minimum atomic E-state index is -0.303. The fraction of sp³-hybridized carbons (Fsp3) is 0.625. The van der Waals surface area contributed by atoms with E-state index in [9.17, 15) is 4.39 Å². The Bertz CT molecular complexity index is 483. The van der Waals surface area contributed by atoms with Gasteiger partial charge in [-0.15, -0.1) is 0 Å². The smallest absolute Gasteiger partial charge is 0.131 e. The third-order valence-corrected chi connectivity index (χ3v) is 4.43. The van der Waals surface area contributed by atoms with E-state index in [2.05, 4.69) is 0 Å². The van der Waals surface area contributed by atoms with E-state index in [4.69, 9.17) is 19.9 Å². The van der Waals surface area contributed by atoms with E-state index in [-0.39, 0.29) is 24.1 Å². The molecule has 2 N–H and O–H groups in total. The molecule has 2 heterocycles. The Morgan fingerprint density at radius 3 is 2.86 bits per heavy atom. The van der Waals surface area contributed by atoms with E-state index in [0.29, 0.717) is 17.9 Å². The molecule has 0 saturated carbocycles. The maximum atomic E-state index is 13.8. The average Bonchev–Trinajstić information content (AvgIpc) is 2.48. The van der Waals surface area contributed by atoms with Gasteiger partial charge >= 0.3 is 0 Å². The Balaban J connectivity index is 1.71. The first-order valence-corrected chi connectivity index (χ1v) is 7.58. The fourth-order valence-corrected chi connectivity index (χ4v) is 3.20. The quantitative estimate of drug-likeness (QED) is 0.930. The molecule has 4 nitrogen and oxygen atoms in total. The van der Waals surface area contributed by atoms with Crippen molar-refractivity contribution < 1.29 is 18.6 Å². The van der Waals surface area contributed by atoms with Crippen LogP contribution < -0.4 is 10.5 Å². The van der Waals surface area contributed by atoms with Crippen LogP contribution in [0.1, 0.15) is 31.2 Å². The van der Waals surface area contributed by atoms with Crippen LogP contribution in [0, 0.1) is 5.82 Å². The van der Waals surface area contributed by atoms with Crippen LogP contribution in [0.2, 0.25) is 0 Å². The van der Waals surface area contributed by atoms with Crippen molar-refractivity contribution in [3.8, 4) is 5.75 Å². The summed E-state index contributed by atoms with van der Waals surface area (Å²) in [6.45, 7) is 2.30. The van der Waals surface area contributed by atoms with Gasteiger partial charge in [-0.05, 0) is 25.0 Å². The van der Waals surface area contributed by atoms with Crippen LogP contribution in [0.4, 0.5) is 4.39 Å². The first-order chi connectivity index (χ1) is 10.2. The van der Waals surface area contributed by atoms with Crippen molar-refractivity contribution in [2.45, 2.75) is 43.9 Å². The van der Waals surface area contributed by atoms with E-state index in [1.165, 1.54) is 6.07 Å². The maximum absolute atomic E-state index is 13.8. The lowest BCUT2D eigenvalue weighted by atomic mass is 9.85. The molecule has 1 atom stereocenters. The standard InChI is InChI=1S/C16H22FNO3/c17-14-2-1-3-15(13(14)11-18)21-12-4-7-20-16(10-12)5-8-19-9-6-16/h1-3,12H,4-11,18H2. The summed E-state index contributed by atoms with van der Waals surface area (Å²) in [5.41, 5.74) is 5.95. The SMILES string of the molecule is NCc1c(F)cccc1OC1CCOC2(CCOCC2)C1. The molecule has 2 fully saturated rings. The van der Waals surface area contributed by atoms with Gasteiger partial charge in [0.25, 0.3) is 0 Å². The zero-order valence-electron chi connectivity index (χ0n) is 12.1. The second-order valence-electron chi connectivity index (χ2n) is 5.80. The van der Waals surface area contributed by atoms with Crippen molar-refractivity contribution in [3.05, 3.63) is 29.6 Å². The molecule has 3 rings (SSSR count). The van der Waals surface area contributed by atoms with Gasteiger partial charge in [0.1, 0.15) is 17.7 Å². The van der Waals surface area contributed by atoms with Crippen molar-refractivity contribution in [2.24, 2.45) is 5.73 Å². The van der Waals surface area contributed by atoms with Gasteiger partial charge in [-0.25, -0.2) is 4.39 Å². The minimum Gasteiger partial charge on any atom is -0.490 e. The third kappa shape index (κ3) is 3.20. The summed E-state index contributed by atoms with van der Waals surface area (Å²) in [4.78, 5) is 0. The van der Waals surface area contributed by atoms with Crippen LogP contribution in [-0.2, 0) is 16.0 Å². The summed E-state index contributed by atoms with van der Waals surface area (Å²) in [5.74, 6) is 0.259. The van der Waals surface area contributed by atoms with Crippen LogP contribution in [0.5, 0.6) is 5.75 Å². The number of rotatable bonds is 3. The van der Waals surface area contributed by atoms with E-state index >= 15 is 0 Å². The molecular formula is C16H22FNO3. The molecule has 0 bridgehead atoms. The van der Waals surface area contributed by atoms with Crippen LogP contribution >= 0.6 is 0 Å². The number of nitrogens with two attached hydrogens (primary N) is 1. The molecule has 1 unspecified atom stereocenters. The summed E-state index contributed by atoms with van der Waals surface area (Å²) in [6, 6.07) is 4.86. The molecule has 1 aromatic carbocycles. The topological polar surface area (TPSA) is 53.7 Å². The molecule has 2 saturated heterocycles. The van der Waals surface area contributed by atoms with E-state index < -0.39 is 0 Å². The molecule has 1 aromatic rings. The van der Waals surface area contributed by atoms with Crippen LogP contribution in [0.3, 0.4) is 0 Å². The second-order valence-corrected chi connectivity index (χ2v) is 5.80. The fourth-order valence-electron chi connectivity index (χ4n) is 3.20. The summed E-state index contributed by atoms with van der Waals surface area (Å²) >= 11 is 0. The van der Waals surface area contributed by atoms with Crippen molar-refractivity contribution in [3.63, 3.8) is 0 Å². The Hall–Kier alpha value is -1.17. The first-order valence-electron chi connectivity index (χ1n) is 7.58. The van der Waals surface area contributed by atoms with Gasteiger partial charge in [0.2, 0.25) is 0 Å². The van der Waals surface area contributed by atoms with Gasteiger partial charge in [0, 0.05) is 38.2 Å². The summed E-state index contributed by atoms with van der Waals surface area (Å²) in [6.07, 6.45) is 3.50. The largest absolute Gasteiger partial charge is 0.490 e. The number of halogens is 1. The van der Waals surface area contributed by atoms with Crippen molar-refractivity contribution in [2.75, 3.05) is 19.8 Å². The monoisotopic (exact) mass is 295 g/mol. The van der Waals surface area contributed by atoms with Gasteiger partial charge < -0.3 is 19.9 Å². The Kier molecular flexibility index (Phi) is 4.42. The molecule has 0 aromatic heterocycles. The molecule has 0 aliphatic carbocycles. The second kappa shape index (κ2) is 6.30. The Labute approximate surface area is 124 Å². The molecule has 0 amide bonds. The molecule has 116 valence electrons. The van der Waals surface area contributed by atoms with Crippen molar-refractivity contribution in [1.29, 1.82) is 0 Å².